The number of rotatable bonds is 2. The fourth-order valence-electron chi connectivity index (χ4n) is 3.87. The van der Waals surface area contributed by atoms with E-state index < -0.39 is 0 Å². The van der Waals surface area contributed by atoms with E-state index in [0.29, 0.717) is 18.1 Å². The van der Waals surface area contributed by atoms with Crippen LogP contribution in [0.1, 0.15) is 38.3 Å². The molecule has 0 amide bonds. The van der Waals surface area contributed by atoms with Crippen LogP contribution in [0.25, 0.3) is 0 Å². The van der Waals surface area contributed by atoms with Crippen LogP contribution >= 0.6 is 0 Å². The van der Waals surface area contributed by atoms with E-state index >= 15 is 0 Å². The third-order valence-corrected chi connectivity index (χ3v) is 5.47. The first kappa shape index (κ1) is 15.0. The highest BCUT2D eigenvalue weighted by atomic mass is 15.3. The summed E-state index contributed by atoms with van der Waals surface area (Å²) in [5.41, 5.74) is 1.43. The summed E-state index contributed by atoms with van der Waals surface area (Å²) in [5, 5.41) is 3.72. The van der Waals surface area contributed by atoms with Crippen molar-refractivity contribution in [3.8, 4) is 0 Å². The molecule has 1 N–H and O–H groups in total. The van der Waals surface area contributed by atoms with E-state index in [4.69, 9.17) is 0 Å². The minimum Gasteiger partial charge on any atom is -0.307 e. The van der Waals surface area contributed by atoms with Gasteiger partial charge in [0.1, 0.15) is 0 Å². The van der Waals surface area contributed by atoms with Gasteiger partial charge >= 0.3 is 0 Å². The normalized spacial score (nSPS) is 35.8. The van der Waals surface area contributed by atoms with Gasteiger partial charge < -0.3 is 10.2 Å². The van der Waals surface area contributed by atoms with Gasteiger partial charge in [0, 0.05) is 37.3 Å². The number of nitrogens with zero attached hydrogens (tertiary/aromatic N) is 2. The lowest BCUT2D eigenvalue weighted by molar-refractivity contribution is 0.0365. The number of piperazine rings is 1. The minimum absolute atomic E-state index is 0.484. The summed E-state index contributed by atoms with van der Waals surface area (Å²) >= 11 is 0. The summed E-state index contributed by atoms with van der Waals surface area (Å²) in [5.74, 6) is 0. The Bertz CT molecular complexity index is 447. The molecule has 21 heavy (non-hydrogen) atoms. The van der Waals surface area contributed by atoms with Gasteiger partial charge in [-0.3, -0.25) is 4.90 Å². The Balaban J connectivity index is 1.69. The number of hydrogen-bond acceptors (Lipinski definition) is 3. The summed E-state index contributed by atoms with van der Waals surface area (Å²) in [6, 6.07) is 13.5. The van der Waals surface area contributed by atoms with E-state index in [1.54, 1.807) is 0 Å². The van der Waals surface area contributed by atoms with Crippen LogP contribution in [0.15, 0.2) is 30.3 Å². The highest BCUT2D eigenvalue weighted by Crippen LogP contribution is 2.27. The van der Waals surface area contributed by atoms with Gasteiger partial charge in [0.15, 0.2) is 0 Å². The van der Waals surface area contributed by atoms with Crippen molar-refractivity contribution >= 4 is 0 Å². The van der Waals surface area contributed by atoms with Crippen LogP contribution < -0.4 is 5.32 Å². The molecule has 2 aliphatic heterocycles. The Morgan fingerprint density at radius 2 is 1.86 bits per heavy atom. The molecule has 0 aromatic heterocycles. The van der Waals surface area contributed by atoms with Crippen molar-refractivity contribution in [2.75, 3.05) is 26.7 Å². The molecule has 4 unspecified atom stereocenters. The Morgan fingerprint density at radius 3 is 2.57 bits per heavy atom. The summed E-state index contributed by atoms with van der Waals surface area (Å²) in [6.45, 7) is 8.22. The zero-order valence-corrected chi connectivity index (χ0v) is 13.6. The molecular weight excluding hydrogens is 258 g/mol. The molecule has 116 valence electrons. The molecule has 4 atom stereocenters. The van der Waals surface area contributed by atoms with Gasteiger partial charge in [-0.1, -0.05) is 30.3 Å². The van der Waals surface area contributed by atoms with Crippen molar-refractivity contribution in [1.82, 2.24) is 15.1 Å². The Morgan fingerprint density at radius 1 is 1.10 bits per heavy atom. The molecule has 0 radical (unpaired) electrons. The van der Waals surface area contributed by atoms with Crippen LogP contribution in [0.5, 0.6) is 0 Å². The van der Waals surface area contributed by atoms with Crippen LogP contribution in [0.2, 0.25) is 0 Å². The molecule has 0 spiro atoms. The average molecular weight is 287 g/mol. The second-order valence-electron chi connectivity index (χ2n) is 6.93. The first-order chi connectivity index (χ1) is 10.1. The average Bonchev–Trinajstić information content (AvgIpc) is 2.51. The highest BCUT2D eigenvalue weighted by Gasteiger charge is 2.34. The molecule has 0 saturated carbocycles. The Kier molecular flexibility index (Phi) is 4.63. The first-order valence-electron chi connectivity index (χ1n) is 8.39. The second kappa shape index (κ2) is 6.47. The SMILES string of the molecule is CC1CC(N2CC(c3ccccc3)NCC2C)CCN1C. The molecule has 0 bridgehead atoms. The van der Waals surface area contributed by atoms with Gasteiger partial charge in [-0.2, -0.15) is 0 Å². The summed E-state index contributed by atoms with van der Waals surface area (Å²) in [7, 11) is 2.26. The van der Waals surface area contributed by atoms with E-state index in [9.17, 15) is 0 Å². The van der Waals surface area contributed by atoms with Crippen molar-refractivity contribution in [1.29, 1.82) is 0 Å². The van der Waals surface area contributed by atoms with Gasteiger partial charge in [-0.05, 0) is 45.8 Å². The molecule has 2 aliphatic rings. The third kappa shape index (κ3) is 3.31. The zero-order chi connectivity index (χ0) is 14.8. The molecule has 3 nitrogen and oxygen atoms in total. The summed E-state index contributed by atoms with van der Waals surface area (Å²) in [6.07, 6.45) is 2.62. The lowest BCUT2D eigenvalue weighted by Gasteiger charge is -2.47. The zero-order valence-electron chi connectivity index (χ0n) is 13.6. The van der Waals surface area contributed by atoms with Crippen molar-refractivity contribution in [3.63, 3.8) is 0 Å². The van der Waals surface area contributed by atoms with Crippen LogP contribution in [-0.4, -0.2) is 54.6 Å². The van der Waals surface area contributed by atoms with Crippen LogP contribution in [0.4, 0.5) is 0 Å². The molecule has 1 aromatic carbocycles. The van der Waals surface area contributed by atoms with Crippen molar-refractivity contribution in [2.45, 2.75) is 50.9 Å². The molecule has 0 aliphatic carbocycles. The first-order valence-corrected chi connectivity index (χ1v) is 8.39. The fourth-order valence-corrected chi connectivity index (χ4v) is 3.87. The van der Waals surface area contributed by atoms with Gasteiger partial charge in [-0.25, -0.2) is 0 Å². The number of benzene rings is 1. The molecule has 2 fully saturated rings. The molecule has 2 heterocycles. The summed E-state index contributed by atoms with van der Waals surface area (Å²) in [4.78, 5) is 5.26. The minimum atomic E-state index is 0.484. The maximum Gasteiger partial charge on any atom is 0.0450 e. The van der Waals surface area contributed by atoms with Gasteiger partial charge in [0.05, 0.1) is 0 Å². The smallest absolute Gasteiger partial charge is 0.0450 e. The summed E-state index contributed by atoms with van der Waals surface area (Å²) < 4.78 is 0. The van der Waals surface area contributed by atoms with Crippen molar-refractivity contribution < 1.29 is 0 Å². The number of piperidine rings is 1. The van der Waals surface area contributed by atoms with Gasteiger partial charge in [0.25, 0.3) is 0 Å². The van der Waals surface area contributed by atoms with Crippen LogP contribution in [-0.2, 0) is 0 Å². The number of hydrogen-bond donors (Lipinski definition) is 1. The van der Waals surface area contributed by atoms with E-state index in [1.807, 2.05) is 0 Å². The highest BCUT2D eigenvalue weighted by molar-refractivity contribution is 5.20. The van der Waals surface area contributed by atoms with E-state index in [2.05, 4.69) is 66.3 Å². The molecule has 2 saturated heterocycles. The predicted molar refractivity (Wildman–Crippen MR) is 88.5 cm³/mol. The van der Waals surface area contributed by atoms with Gasteiger partial charge in [0.2, 0.25) is 0 Å². The quantitative estimate of drug-likeness (QED) is 0.901. The molecule has 3 rings (SSSR count). The predicted octanol–water partition coefficient (Wildman–Crippen LogP) is 2.50. The Hall–Kier alpha value is -0.900. The fraction of sp³-hybridized carbons (Fsp3) is 0.667. The van der Waals surface area contributed by atoms with Crippen LogP contribution in [0, 0.1) is 0 Å². The topological polar surface area (TPSA) is 18.5 Å². The van der Waals surface area contributed by atoms with E-state index in [1.165, 1.54) is 24.9 Å². The molecule has 1 aromatic rings. The van der Waals surface area contributed by atoms with Crippen LogP contribution in [0.3, 0.4) is 0 Å². The number of nitrogens with one attached hydrogen (secondary N) is 1. The Labute approximate surface area is 129 Å². The number of likely N-dealkylation sites (tertiary alicyclic amines) is 1. The second-order valence-corrected chi connectivity index (χ2v) is 6.93. The molecule has 3 heteroatoms. The largest absolute Gasteiger partial charge is 0.307 e. The lowest BCUT2D eigenvalue weighted by atomic mass is 9.93. The van der Waals surface area contributed by atoms with Crippen molar-refractivity contribution in [2.24, 2.45) is 0 Å². The van der Waals surface area contributed by atoms with E-state index in [0.717, 1.165) is 19.1 Å². The van der Waals surface area contributed by atoms with Gasteiger partial charge in [-0.15, -0.1) is 0 Å². The molecular formula is C18H29N3. The standard InChI is InChI=1S/C18H29N3/c1-14-11-17(9-10-20(14)3)21-13-18(19-12-15(21)2)16-7-5-4-6-8-16/h4-8,14-15,17-19H,9-13H2,1-3H3. The van der Waals surface area contributed by atoms with E-state index in [-0.39, 0.29) is 0 Å². The third-order valence-electron chi connectivity index (χ3n) is 5.47. The van der Waals surface area contributed by atoms with Crippen molar-refractivity contribution in [3.05, 3.63) is 35.9 Å². The maximum absolute atomic E-state index is 3.72. The lowest BCUT2D eigenvalue weighted by Crippen LogP contribution is -2.58. The monoisotopic (exact) mass is 287 g/mol. The maximum atomic E-state index is 3.72.